The molecule has 4 heteroatoms. The summed E-state index contributed by atoms with van der Waals surface area (Å²) in [7, 11) is 0. The summed E-state index contributed by atoms with van der Waals surface area (Å²) in [6, 6.07) is 0. The number of carbonyl (C=O) groups excluding carboxylic acids is 1. The maximum absolute atomic E-state index is 9.72. The second-order valence-electron chi connectivity index (χ2n) is 1.18. The summed E-state index contributed by atoms with van der Waals surface area (Å²) in [6.07, 6.45) is 0.404. The molecule has 0 aliphatic carbocycles. The quantitative estimate of drug-likeness (QED) is 0.430. The summed E-state index contributed by atoms with van der Waals surface area (Å²) in [6.45, 7) is 1.34. The van der Waals surface area contributed by atoms with Gasteiger partial charge in [0, 0.05) is 0 Å². The number of halogens is 2. The van der Waals surface area contributed by atoms with Gasteiger partial charge in [0.2, 0.25) is 5.06 Å². The van der Waals surface area contributed by atoms with Crippen molar-refractivity contribution in [1.82, 2.24) is 0 Å². The van der Waals surface area contributed by atoms with Crippen molar-refractivity contribution in [2.75, 3.05) is 0 Å². The second kappa shape index (κ2) is 2.50. The number of alkyl halides is 1. The molecule has 7 heavy (non-hydrogen) atoms. The third kappa shape index (κ3) is 2.85. The number of aldehydes is 1. The summed E-state index contributed by atoms with van der Waals surface area (Å²) in [5.74, 6) is 0. The van der Waals surface area contributed by atoms with Gasteiger partial charge in [0.25, 0.3) is 0 Å². The van der Waals surface area contributed by atoms with Crippen LogP contribution in [0.3, 0.4) is 0 Å². The first-order chi connectivity index (χ1) is 3.12. The van der Waals surface area contributed by atoms with Gasteiger partial charge in [0.1, 0.15) is 0 Å². The van der Waals surface area contributed by atoms with Crippen LogP contribution in [-0.2, 0) is 9.08 Å². The minimum absolute atomic E-state index is 0.404. The van der Waals surface area contributed by atoms with Gasteiger partial charge < -0.3 is 0 Å². The molecule has 0 aromatic rings. The van der Waals surface area contributed by atoms with Gasteiger partial charge in [-0.1, -0.05) is 11.6 Å². The average molecular weight is 143 g/mol. The van der Waals surface area contributed by atoms with E-state index >= 15 is 0 Å². The highest BCUT2D eigenvalue weighted by atomic mass is 35.5. The molecular formula is C3H4Cl2O2. The van der Waals surface area contributed by atoms with Gasteiger partial charge >= 0.3 is 0 Å². The molecule has 0 amide bonds. The highest BCUT2D eigenvalue weighted by molar-refractivity contribution is 6.31. The molecule has 0 bridgehead atoms. The normalized spacial score (nSPS) is 18.1. The topological polar surface area (TPSA) is 26.3 Å². The van der Waals surface area contributed by atoms with Crippen molar-refractivity contribution in [2.24, 2.45) is 0 Å². The van der Waals surface area contributed by atoms with Crippen molar-refractivity contribution in [3.05, 3.63) is 0 Å². The fourth-order valence-electron chi connectivity index (χ4n) is 0.0182. The van der Waals surface area contributed by atoms with Crippen molar-refractivity contribution in [3.8, 4) is 0 Å². The Morgan fingerprint density at radius 1 is 1.86 bits per heavy atom. The minimum Gasteiger partial charge on any atom is -0.299 e. The number of hydrogen-bond donors (Lipinski definition) is 0. The zero-order valence-corrected chi connectivity index (χ0v) is 5.16. The van der Waals surface area contributed by atoms with Crippen LogP contribution in [0.15, 0.2) is 0 Å². The molecule has 42 valence electrons. The van der Waals surface area contributed by atoms with Crippen molar-refractivity contribution in [2.45, 2.75) is 12.0 Å². The molecule has 1 unspecified atom stereocenters. The van der Waals surface area contributed by atoms with E-state index in [-0.39, 0.29) is 0 Å². The van der Waals surface area contributed by atoms with E-state index in [2.05, 4.69) is 4.29 Å². The average Bonchev–Trinajstić information content (AvgIpc) is 1.68. The van der Waals surface area contributed by atoms with Crippen molar-refractivity contribution in [1.29, 1.82) is 0 Å². The van der Waals surface area contributed by atoms with Crippen LogP contribution >= 0.6 is 23.5 Å². The van der Waals surface area contributed by atoms with E-state index in [4.69, 9.17) is 23.5 Å². The first-order valence-corrected chi connectivity index (χ1v) is 2.26. The Bertz CT molecular complexity index is 71.3. The Labute approximate surface area is 51.5 Å². The molecule has 0 saturated carbocycles. The molecule has 0 saturated heterocycles. The van der Waals surface area contributed by atoms with Crippen LogP contribution in [0.1, 0.15) is 6.92 Å². The van der Waals surface area contributed by atoms with E-state index in [1.165, 1.54) is 6.92 Å². The zero-order valence-electron chi connectivity index (χ0n) is 3.65. The highest BCUT2D eigenvalue weighted by Gasteiger charge is 2.18. The first-order valence-electron chi connectivity index (χ1n) is 1.57. The van der Waals surface area contributed by atoms with E-state index in [1.807, 2.05) is 0 Å². The lowest BCUT2D eigenvalue weighted by Crippen LogP contribution is -2.17. The molecule has 0 aliphatic rings. The van der Waals surface area contributed by atoms with Crippen LogP contribution in [0.4, 0.5) is 0 Å². The molecular weight excluding hydrogens is 139 g/mol. The Kier molecular flexibility index (Phi) is 2.58. The Hall–Kier alpha value is 0.210. The second-order valence-corrected chi connectivity index (χ2v) is 2.09. The summed E-state index contributed by atoms with van der Waals surface area (Å²) in [5.41, 5.74) is 0. The minimum atomic E-state index is -1.36. The van der Waals surface area contributed by atoms with Crippen LogP contribution in [0.5, 0.6) is 0 Å². The molecule has 0 radical (unpaired) electrons. The predicted molar refractivity (Wildman–Crippen MR) is 27.3 cm³/mol. The van der Waals surface area contributed by atoms with Gasteiger partial charge in [-0.25, -0.2) is 4.29 Å². The lowest BCUT2D eigenvalue weighted by atomic mass is 10.5. The van der Waals surface area contributed by atoms with Crippen LogP contribution in [-0.4, -0.2) is 11.3 Å². The number of carbonyl (C=O) groups is 1. The smallest absolute Gasteiger partial charge is 0.214 e. The van der Waals surface area contributed by atoms with Gasteiger partial charge in [0.05, 0.1) is 11.9 Å². The molecule has 0 aromatic carbocycles. The molecule has 1 atom stereocenters. The van der Waals surface area contributed by atoms with Crippen LogP contribution in [0.2, 0.25) is 0 Å². The molecule has 0 spiro atoms. The standard InChI is InChI=1S/C3H4Cl2O2/c1-3(4,2-6)7-5/h2H,1H3. The first kappa shape index (κ1) is 7.21. The fraction of sp³-hybridized carbons (Fsp3) is 0.667. The number of hydrogen-bond acceptors (Lipinski definition) is 2. The van der Waals surface area contributed by atoms with Gasteiger partial charge in [0.15, 0.2) is 6.29 Å². The van der Waals surface area contributed by atoms with E-state index in [0.29, 0.717) is 6.29 Å². The lowest BCUT2D eigenvalue weighted by molar-refractivity contribution is -0.114. The van der Waals surface area contributed by atoms with Gasteiger partial charge in [-0.2, -0.15) is 0 Å². The molecule has 0 rings (SSSR count). The van der Waals surface area contributed by atoms with Gasteiger partial charge in [-0.05, 0) is 6.92 Å². The maximum atomic E-state index is 9.72. The number of rotatable bonds is 2. The van der Waals surface area contributed by atoms with E-state index < -0.39 is 5.06 Å². The summed E-state index contributed by atoms with van der Waals surface area (Å²) < 4.78 is 3.96. The van der Waals surface area contributed by atoms with Crippen molar-refractivity contribution >= 4 is 29.8 Å². The van der Waals surface area contributed by atoms with Crippen LogP contribution < -0.4 is 0 Å². The fourth-order valence-corrected chi connectivity index (χ4v) is 0.0546. The van der Waals surface area contributed by atoms with Crippen LogP contribution in [0.25, 0.3) is 0 Å². The van der Waals surface area contributed by atoms with E-state index in [9.17, 15) is 4.79 Å². The van der Waals surface area contributed by atoms with Crippen LogP contribution in [0, 0.1) is 0 Å². The largest absolute Gasteiger partial charge is 0.299 e. The zero-order chi connectivity index (χ0) is 5.91. The third-order valence-electron chi connectivity index (χ3n) is 0.361. The van der Waals surface area contributed by atoms with Crippen molar-refractivity contribution in [3.63, 3.8) is 0 Å². The van der Waals surface area contributed by atoms with E-state index in [1.54, 1.807) is 0 Å². The summed E-state index contributed by atoms with van der Waals surface area (Å²) in [5, 5.41) is -1.36. The SMILES string of the molecule is CC(Cl)(C=O)OCl. The molecule has 0 N–H and O–H groups in total. The monoisotopic (exact) mass is 142 g/mol. The molecule has 0 heterocycles. The van der Waals surface area contributed by atoms with E-state index in [0.717, 1.165) is 0 Å². The molecule has 0 fully saturated rings. The third-order valence-corrected chi connectivity index (χ3v) is 0.927. The highest BCUT2D eigenvalue weighted by Crippen LogP contribution is 2.13. The predicted octanol–water partition coefficient (Wildman–Crippen LogP) is 1.31. The maximum Gasteiger partial charge on any atom is 0.214 e. The molecule has 0 aromatic heterocycles. The Morgan fingerprint density at radius 2 is 2.29 bits per heavy atom. The van der Waals surface area contributed by atoms with Gasteiger partial charge in [-0.3, -0.25) is 4.79 Å². The molecule has 0 aliphatic heterocycles. The Morgan fingerprint density at radius 3 is 2.29 bits per heavy atom. The lowest BCUT2D eigenvalue weighted by Gasteiger charge is -2.05. The molecule has 2 nitrogen and oxygen atoms in total. The Balaban J connectivity index is 3.58. The van der Waals surface area contributed by atoms with Crippen molar-refractivity contribution < 1.29 is 9.08 Å². The summed E-state index contributed by atoms with van der Waals surface area (Å²) >= 11 is 9.91. The summed E-state index contributed by atoms with van der Waals surface area (Å²) in [4.78, 5) is 9.72. The van der Waals surface area contributed by atoms with Gasteiger partial charge in [-0.15, -0.1) is 0 Å².